The summed E-state index contributed by atoms with van der Waals surface area (Å²) in [6, 6.07) is 7.64. The van der Waals surface area contributed by atoms with Crippen LogP contribution in [0.3, 0.4) is 0 Å². The van der Waals surface area contributed by atoms with E-state index in [0.717, 1.165) is 14.6 Å². The van der Waals surface area contributed by atoms with Crippen LogP contribution in [0.2, 0.25) is 0 Å². The highest BCUT2D eigenvalue weighted by molar-refractivity contribution is 9.10. The molecule has 2 aromatic heterocycles. The van der Waals surface area contributed by atoms with Crippen molar-refractivity contribution >= 4 is 39.3 Å². The number of rotatable bonds is 3. The van der Waals surface area contributed by atoms with Crippen molar-refractivity contribution in [2.45, 2.75) is 0 Å². The quantitative estimate of drug-likeness (QED) is 0.537. The van der Waals surface area contributed by atoms with E-state index < -0.39 is 11.2 Å². The highest BCUT2D eigenvalue weighted by Gasteiger charge is 2.16. The van der Waals surface area contributed by atoms with Crippen molar-refractivity contribution in [3.8, 4) is 0 Å². The summed E-state index contributed by atoms with van der Waals surface area (Å²) in [5, 5.41) is 4.15. The molecule has 1 aromatic carbocycles. The van der Waals surface area contributed by atoms with Crippen LogP contribution in [0, 0.1) is 0 Å². The van der Waals surface area contributed by atoms with Crippen LogP contribution in [-0.2, 0) is 21.1 Å². The molecule has 3 rings (SSSR count). The number of benzene rings is 1. The van der Waals surface area contributed by atoms with Crippen molar-refractivity contribution in [3.63, 3.8) is 0 Å². The van der Waals surface area contributed by atoms with Gasteiger partial charge in [-0.2, -0.15) is 10.1 Å². The normalized spacial score (nSPS) is 11.5. The average molecular weight is 391 g/mol. The zero-order valence-corrected chi connectivity index (χ0v) is 14.9. The first kappa shape index (κ1) is 16.2. The number of aromatic nitrogens is 4. The molecule has 0 amide bonds. The molecular formula is C15H15BrN6O2. The molecule has 0 fully saturated rings. The summed E-state index contributed by atoms with van der Waals surface area (Å²) in [7, 11) is 4.71. The summed E-state index contributed by atoms with van der Waals surface area (Å²) in [5.74, 6) is 0.367. The lowest BCUT2D eigenvalue weighted by Crippen LogP contribution is -2.37. The Balaban J connectivity index is 2.03. The number of nitrogens with one attached hydrogen (secondary N) is 1. The molecule has 1 N–H and O–H groups in total. The van der Waals surface area contributed by atoms with E-state index in [9.17, 15) is 9.59 Å². The van der Waals surface area contributed by atoms with Gasteiger partial charge in [-0.05, 0) is 6.07 Å². The third-order valence-corrected chi connectivity index (χ3v) is 4.47. The Hall–Kier alpha value is -2.68. The fourth-order valence-electron chi connectivity index (χ4n) is 2.36. The molecule has 0 aliphatic carbocycles. The van der Waals surface area contributed by atoms with Gasteiger partial charge < -0.3 is 4.57 Å². The summed E-state index contributed by atoms with van der Waals surface area (Å²) >= 11 is 3.44. The Morgan fingerprint density at radius 2 is 1.83 bits per heavy atom. The van der Waals surface area contributed by atoms with Crippen molar-refractivity contribution in [2.75, 3.05) is 5.43 Å². The number of imidazole rings is 1. The molecule has 0 aliphatic heterocycles. The van der Waals surface area contributed by atoms with Gasteiger partial charge in [-0.3, -0.25) is 13.9 Å². The molecule has 0 spiro atoms. The second kappa shape index (κ2) is 6.08. The minimum atomic E-state index is -0.422. The van der Waals surface area contributed by atoms with Crippen LogP contribution in [0.4, 0.5) is 5.95 Å². The van der Waals surface area contributed by atoms with Crippen molar-refractivity contribution in [1.82, 2.24) is 18.7 Å². The first-order valence-corrected chi connectivity index (χ1v) is 7.87. The maximum atomic E-state index is 12.3. The molecule has 9 heteroatoms. The zero-order valence-electron chi connectivity index (χ0n) is 13.3. The van der Waals surface area contributed by atoms with Gasteiger partial charge in [0, 0.05) is 31.2 Å². The third-order valence-electron chi connectivity index (χ3n) is 3.75. The van der Waals surface area contributed by atoms with E-state index in [4.69, 9.17) is 0 Å². The van der Waals surface area contributed by atoms with Crippen LogP contribution in [0.25, 0.3) is 11.2 Å². The molecule has 0 saturated heterocycles. The molecule has 0 saturated carbocycles. The number of hydrazone groups is 1. The molecule has 24 heavy (non-hydrogen) atoms. The minimum Gasteiger partial charge on any atom is -0.306 e. The van der Waals surface area contributed by atoms with Gasteiger partial charge in [-0.15, -0.1) is 0 Å². The van der Waals surface area contributed by atoms with Crippen LogP contribution in [0.5, 0.6) is 0 Å². The number of anilines is 1. The number of hydrogen-bond donors (Lipinski definition) is 1. The van der Waals surface area contributed by atoms with Crippen LogP contribution in [0.15, 0.2) is 43.4 Å². The largest absolute Gasteiger partial charge is 0.332 e. The van der Waals surface area contributed by atoms with E-state index in [2.05, 4.69) is 31.4 Å². The second-order valence-electron chi connectivity index (χ2n) is 5.26. The van der Waals surface area contributed by atoms with Crippen LogP contribution >= 0.6 is 15.9 Å². The van der Waals surface area contributed by atoms with Crippen LogP contribution in [-0.4, -0.2) is 24.9 Å². The van der Waals surface area contributed by atoms with Crippen molar-refractivity contribution in [1.29, 1.82) is 0 Å². The van der Waals surface area contributed by atoms with Crippen LogP contribution < -0.4 is 16.7 Å². The molecule has 0 bridgehead atoms. The fourth-order valence-corrected chi connectivity index (χ4v) is 2.74. The molecule has 3 aromatic rings. The number of halogens is 1. The first-order chi connectivity index (χ1) is 11.4. The van der Waals surface area contributed by atoms with Gasteiger partial charge in [0.15, 0.2) is 11.2 Å². The summed E-state index contributed by atoms with van der Waals surface area (Å²) in [6.07, 6.45) is 1.64. The van der Waals surface area contributed by atoms with E-state index in [-0.39, 0.29) is 0 Å². The smallest absolute Gasteiger partial charge is 0.306 e. The Labute approximate surface area is 145 Å². The average Bonchev–Trinajstić information content (AvgIpc) is 2.90. The summed E-state index contributed by atoms with van der Waals surface area (Å²) in [6.45, 7) is 0. The van der Waals surface area contributed by atoms with Gasteiger partial charge in [0.2, 0.25) is 5.95 Å². The van der Waals surface area contributed by atoms with Gasteiger partial charge in [-0.25, -0.2) is 10.2 Å². The standard InChI is InChI=1S/C15H15BrN6O2/c1-20-11-12(21(2)15(24)22(3)13(11)23)18-14(20)19-17-8-9-6-4-5-7-10(9)16/h4-8H,1-3H3,(H,18,19). The summed E-state index contributed by atoms with van der Waals surface area (Å²) < 4.78 is 4.88. The van der Waals surface area contributed by atoms with E-state index in [0.29, 0.717) is 17.1 Å². The molecule has 8 nitrogen and oxygen atoms in total. The second-order valence-corrected chi connectivity index (χ2v) is 6.12. The predicted molar refractivity (Wildman–Crippen MR) is 96.6 cm³/mol. The highest BCUT2D eigenvalue weighted by Crippen LogP contribution is 2.15. The molecule has 2 heterocycles. The van der Waals surface area contributed by atoms with Gasteiger partial charge in [0.1, 0.15) is 0 Å². The fraction of sp³-hybridized carbons (Fsp3) is 0.200. The third kappa shape index (κ3) is 2.56. The van der Waals surface area contributed by atoms with Crippen LogP contribution in [0.1, 0.15) is 5.56 Å². The predicted octanol–water partition coefficient (Wildman–Crippen LogP) is 1.18. The van der Waals surface area contributed by atoms with E-state index in [1.54, 1.807) is 24.9 Å². The van der Waals surface area contributed by atoms with Gasteiger partial charge in [-0.1, -0.05) is 34.1 Å². The lowest BCUT2D eigenvalue weighted by molar-refractivity contribution is 0.705. The number of nitrogens with zero attached hydrogens (tertiary/aromatic N) is 5. The zero-order chi connectivity index (χ0) is 17.4. The number of fused-ring (bicyclic) bond motifs is 1. The van der Waals surface area contributed by atoms with Gasteiger partial charge in [0.25, 0.3) is 5.56 Å². The maximum absolute atomic E-state index is 12.3. The Morgan fingerprint density at radius 1 is 1.12 bits per heavy atom. The highest BCUT2D eigenvalue weighted by atomic mass is 79.9. The first-order valence-electron chi connectivity index (χ1n) is 7.08. The minimum absolute atomic E-state index is 0.309. The van der Waals surface area contributed by atoms with Gasteiger partial charge in [0.05, 0.1) is 6.21 Å². The molecule has 0 atom stereocenters. The van der Waals surface area contributed by atoms with Crippen molar-refractivity contribution in [3.05, 3.63) is 55.1 Å². The molecule has 124 valence electrons. The van der Waals surface area contributed by atoms with E-state index in [1.165, 1.54) is 11.6 Å². The van der Waals surface area contributed by atoms with E-state index >= 15 is 0 Å². The van der Waals surface area contributed by atoms with Crippen molar-refractivity contribution < 1.29 is 0 Å². The monoisotopic (exact) mass is 390 g/mol. The molecule has 0 radical (unpaired) electrons. The number of hydrogen-bond acceptors (Lipinski definition) is 5. The van der Waals surface area contributed by atoms with E-state index in [1.807, 2.05) is 24.3 Å². The lowest BCUT2D eigenvalue weighted by Gasteiger charge is -2.03. The Morgan fingerprint density at radius 3 is 2.54 bits per heavy atom. The molecule has 0 unspecified atom stereocenters. The summed E-state index contributed by atoms with van der Waals surface area (Å²) in [4.78, 5) is 28.6. The topological polar surface area (TPSA) is 86.2 Å². The Bertz CT molecular complexity index is 1080. The Kier molecular flexibility index (Phi) is 4.10. The summed E-state index contributed by atoms with van der Waals surface area (Å²) in [5.41, 5.74) is 3.53. The molecular weight excluding hydrogens is 376 g/mol. The molecule has 0 aliphatic rings. The van der Waals surface area contributed by atoms with Crippen molar-refractivity contribution in [2.24, 2.45) is 26.2 Å². The van der Waals surface area contributed by atoms with Gasteiger partial charge >= 0.3 is 5.69 Å². The SMILES string of the molecule is Cn1c(=O)c2c(nc(NN=Cc3ccccc3Br)n2C)n(C)c1=O. The maximum Gasteiger partial charge on any atom is 0.332 e. The number of aryl methyl sites for hydroxylation is 2. The lowest BCUT2D eigenvalue weighted by atomic mass is 10.2.